The minimum Gasteiger partial charge on any atom is -0.327 e. The smallest absolute Gasteiger partial charge is 0.327 e. The summed E-state index contributed by atoms with van der Waals surface area (Å²) in [6.07, 6.45) is -1.12. The van der Waals surface area contributed by atoms with Gasteiger partial charge >= 0.3 is 6.18 Å². The van der Waals surface area contributed by atoms with Gasteiger partial charge in [-0.2, -0.15) is 13.2 Å². The van der Waals surface area contributed by atoms with Crippen LogP contribution in [0.15, 0.2) is 18.2 Å². The molecule has 1 saturated carbocycles. The zero-order chi connectivity index (χ0) is 18.4. The minimum absolute atomic E-state index is 0.0851. The standard InChI is InChI=1S/C18H25F5N2/c19-14-4-7-16(20)13(10-14)11-17(24)12-2-5-15(6-3-12)25-9-1-8-18(21,22)23/h4,7,10,12,15,17,25H,1-3,5-6,8-9,11,24H2/t12?,15?,17-/m1/s1. The molecule has 0 aliphatic heterocycles. The molecule has 0 amide bonds. The molecule has 3 N–H and O–H groups in total. The van der Waals surface area contributed by atoms with Gasteiger partial charge in [-0.05, 0) is 74.8 Å². The fourth-order valence-electron chi connectivity index (χ4n) is 3.47. The van der Waals surface area contributed by atoms with Gasteiger partial charge in [0.2, 0.25) is 0 Å². The van der Waals surface area contributed by atoms with E-state index in [9.17, 15) is 22.0 Å². The summed E-state index contributed by atoms with van der Waals surface area (Å²) in [6, 6.07) is 3.34. The van der Waals surface area contributed by atoms with Gasteiger partial charge in [-0.1, -0.05) is 0 Å². The van der Waals surface area contributed by atoms with E-state index in [0.29, 0.717) is 12.1 Å². The van der Waals surface area contributed by atoms with E-state index in [-0.39, 0.29) is 30.8 Å². The van der Waals surface area contributed by atoms with E-state index < -0.39 is 24.2 Å². The highest BCUT2D eigenvalue weighted by Gasteiger charge is 2.28. The van der Waals surface area contributed by atoms with Gasteiger partial charge < -0.3 is 11.1 Å². The predicted molar refractivity (Wildman–Crippen MR) is 87.1 cm³/mol. The van der Waals surface area contributed by atoms with Gasteiger partial charge in [0.25, 0.3) is 0 Å². The highest BCUT2D eigenvalue weighted by molar-refractivity contribution is 5.20. The van der Waals surface area contributed by atoms with E-state index in [0.717, 1.165) is 37.8 Å². The molecular formula is C18H25F5N2. The molecule has 0 bridgehead atoms. The average Bonchev–Trinajstić information content (AvgIpc) is 2.54. The van der Waals surface area contributed by atoms with Gasteiger partial charge in [-0.3, -0.25) is 0 Å². The van der Waals surface area contributed by atoms with Crippen molar-refractivity contribution in [1.29, 1.82) is 0 Å². The molecule has 1 aromatic carbocycles. The molecule has 1 aliphatic carbocycles. The van der Waals surface area contributed by atoms with Crippen LogP contribution in [0.5, 0.6) is 0 Å². The molecule has 2 rings (SSSR count). The van der Waals surface area contributed by atoms with Crippen molar-refractivity contribution in [2.45, 2.75) is 63.2 Å². The Morgan fingerprint density at radius 3 is 2.44 bits per heavy atom. The van der Waals surface area contributed by atoms with Crippen LogP contribution in [-0.2, 0) is 6.42 Å². The summed E-state index contributed by atoms with van der Waals surface area (Å²) in [5, 5.41) is 3.17. The first-order valence-electron chi connectivity index (χ1n) is 8.74. The number of rotatable bonds is 7. The molecule has 2 nitrogen and oxygen atoms in total. The Labute approximate surface area is 145 Å². The second kappa shape index (κ2) is 8.94. The lowest BCUT2D eigenvalue weighted by Crippen LogP contribution is -2.40. The fourth-order valence-corrected chi connectivity index (χ4v) is 3.47. The summed E-state index contributed by atoms with van der Waals surface area (Å²) in [6.45, 7) is 0.357. The van der Waals surface area contributed by atoms with Crippen LogP contribution in [0.1, 0.15) is 44.1 Å². The zero-order valence-corrected chi connectivity index (χ0v) is 14.1. The molecule has 1 atom stereocenters. The minimum atomic E-state index is -4.10. The van der Waals surface area contributed by atoms with Gasteiger partial charge in [0.15, 0.2) is 0 Å². The van der Waals surface area contributed by atoms with Crippen molar-refractivity contribution in [3.8, 4) is 0 Å². The quantitative estimate of drug-likeness (QED) is 0.558. The second-order valence-corrected chi connectivity index (χ2v) is 6.89. The van der Waals surface area contributed by atoms with Crippen molar-refractivity contribution in [2.24, 2.45) is 11.7 Å². The van der Waals surface area contributed by atoms with Crippen molar-refractivity contribution in [3.05, 3.63) is 35.4 Å². The SMILES string of the molecule is N[C@H](Cc1cc(F)ccc1F)C1CCC(NCCCC(F)(F)F)CC1. The van der Waals surface area contributed by atoms with Crippen molar-refractivity contribution >= 4 is 0 Å². The highest BCUT2D eigenvalue weighted by atomic mass is 19.4. The lowest BCUT2D eigenvalue weighted by molar-refractivity contribution is -0.135. The van der Waals surface area contributed by atoms with Crippen molar-refractivity contribution in [2.75, 3.05) is 6.54 Å². The zero-order valence-electron chi connectivity index (χ0n) is 14.1. The lowest BCUT2D eigenvalue weighted by atomic mass is 9.80. The van der Waals surface area contributed by atoms with Crippen LogP contribution in [0.2, 0.25) is 0 Å². The Bertz CT molecular complexity index is 539. The molecule has 0 heterocycles. The molecule has 0 saturated heterocycles. The van der Waals surface area contributed by atoms with Gasteiger partial charge in [0.05, 0.1) is 0 Å². The van der Waals surface area contributed by atoms with Crippen molar-refractivity contribution in [3.63, 3.8) is 0 Å². The van der Waals surface area contributed by atoms with Crippen molar-refractivity contribution in [1.82, 2.24) is 5.32 Å². The Morgan fingerprint density at radius 2 is 1.80 bits per heavy atom. The first-order valence-corrected chi connectivity index (χ1v) is 8.74. The van der Waals surface area contributed by atoms with Crippen LogP contribution in [0, 0.1) is 17.6 Å². The monoisotopic (exact) mass is 364 g/mol. The third kappa shape index (κ3) is 6.90. The van der Waals surface area contributed by atoms with E-state index in [2.05, 4.69) is 5.32 Å². The fraction of sp³-hybridized carbons (Fsp3) is 0.667. The third-order valence-corrected chi connectivity index (χ3v) is 4.91. The summed E-state index contributed by atoms with van der Waals surface area (Å²) < 4.78 is 63.2. The van der Waals surface area contributed by atoms with Crippen molar-refractivity contribution < 1.29 is 22.0 Å². The molecule has 0 radical (unpaired) electrons. The summed E-state index contributed by atoms with van der Waals surface area (Å²) >= 11 is 0. The van der Waals surface area contributed by atoms with Gasteiger partial charge in [-0.25, -0.2) is 8.78 Å². The van der Waals surface area contributed by atoms with Crippen LogP contribution in [0.3, 0.4) is 0 Å². The van der Waals surface area contributed by atoms with Crippen LogP contribution >= 0.6 is 0 Å². The third-order valence-electron chi connectivity index (χ3n) is 4.91. The van der Waals surface area contributed by atoms with Gasteiger partial charge in [0, 0.05) is 18.5 Å². The van der Waals surface area contributed by atoms with E-state index in [1.54, 1.807) is 0 Å². The van der Waals surface area contributed by atoms with Crippen LogP contribution < -0.4 is 11.1 Å². The Hall–Kier alpha value is -1.21. The predicted octanol–water partition coefficient (Wildman–Crippen LogP) is 4.33. The van der Waals surface area contributed by atoms with E-state index in [4.69, 9.17) is 5.73 Å². The molecule has 0 unspecified atom stereocenters. The average molecular weight is 364 g/mol. The maximum Gasteiger partial charge on any atom is 0.389 e. The summed E-state index contributed by atoms with van der Waals surface area (Å²) in [5.41, 5.74) is 6.47. The number of alkyl halides is 3. The molecule has 1 aromatic rings. The molecule has 0 aromatic heterocycles. The molecule has 1 aliphatic rings. The summed E-state index contributed by atoms with van der Waals surface area (Å²) in [5.74, 6) is -0.705. The van der Waals surface area contributed by atoms with Crippen LogP contribution in [-0.4, -0.2) is 24.8 Å². The molecule has 0 spiro atoms. The number of benzene rings is 1. The molecule has 1 fully saturated rings. The first-order chi connectivity index (χ1) is 11.7. The van der Waals surface area contributed by atoms with Crippen LogP contribution in [0.25, 0.3) is 0 Å². The molecule has 7 heteroatoms. The molecule has 142 valence electrons. The lowest BCUT2D eigenvalue weighted by Gasteiger charge is -2.33. The maximum absolute atomic E-state index is 13.7. The molecular weight excluding hydrogens is 339 g/mol. The first kappa shape index (κ1) is 20.1. The van der Waals surface area contributed by atoms with Gasteiger partial charge in [-0.15, -0.1) is 0 Å². The van der Waals surface area contributed by atoms with Crippen LogP contribution in [0.4, 0.5) is 22.0 Å². The number of nitrogens with one attached hydrogen (secondary N) is 1. The number of hydrogen-bond acceptors (Lipinski definition) is 2. The Morgan fingerprint density at radius 1 is 1.12 bits per heavy atom. The van der Waals surface area contributed by atoms with E-state index >= 15 is 0 Å². The number of hydrogen-bond donors (Lipinski definition) is 2. The largest absolute Gasteiger partial charge is 0.389 e. The Kier molecular flexibility index (Phi) is 7.19. The number of nitrogens with two attached hydrogens (primary N) is 1. The molecule has 25 heavy (non-hydrogen) atoms. The van der Waals surface area contributed by atoms with E-state index in [1.807, 2.05) is 0 Å². The normalized spacial score (nSPS) is 22.8. The summed E-state index contributed by atoms with van der Waals surface area (Å²) in [7, 11) is 0. The maximum atomic E-state index is 13.7. The van der Waals surface area contributed by atoms with E-state index in [1.165, 1.54) is 6.07 Å². The summed E-state index contributed by atoms with van der Waals surface area (Å²) in [4.78, 5) is 0. The number of halogens is 5. The Balaban J connectivity index is 1.71. The topological polar surface area (TPSA) is 38.0 Å². The highest BCUT2D eigenvalue weighted by Crippen LogP contribution is 2.28. The second-order valence-electron chi connectivity index (χ2n) is 6.89. The van der Waals surface area contributed by atoms with Gasteiger partial charge in [0.1, 0.15) is 11.6 Å².